The van der Waals surface area contributed by atoms with Gasteiger partial charge in [-0.25, -0.2) is 0 Å². The maximum Gasteiger partial charge on any atom is 0.283 e. The van der Waals surface area contributed by atoms with E-state index in [9.17, 15) is 4.79 Å². The number of carbonyl (C=O) groups is 1. The number of hydrogen-bond donors (Lipinski definition) is 0. The van der Waals surface area contributed by atoms with Crippen molar-refractivity contribution in [1.82, 2.24) is 4.90 Å². The van der Waals surface area contributed by atoms with Crippen molar-refractivity contribution in [3.05, 3.63) is 28.8 Å². The fourth-order valence-corrected chi connectivity index (χ4v) is 3.85. The van der Waals surface area contributed by atoms with Gasteiger partial charge in [-0.3, -0.25) is 4.79 Å². The van der Waals surface area contributed by atoms with Crippen molar-refractivity contribution in [3.8, 4) is 5.75 Å². The quantitative estimate of drug-likeness (QED) is 0.782. The van der Waals surface area contributed by atoms with Gasteiger partial charge in [0, 0.05) is 22.9 Å². The molecule has 4 nitrogen and oxygen atoms in total. The van der Waals surface area contributed by atoms with Crippen LogP contribution in [0.2, 0.25) is 5.02 Å². The normalized spacial score (nSPS) is 22.7. The van der Waals surface area contributed by atoms with Crippen molar-refractivity contribution < 1.29 is 9.53 Å². The average Bonchev–Trinajstić information content (AvgIpc) is 2.79. The third kappa shape index (κ3) is 4.21. The van der Waals surface area contributed by atoms with E-state index >= 15 is 0 Å². The SMILES string of the molecule is CCCCN1/C(=N/C(=O)c2cc(Cl)ccc2OC)S[C@H](C)[C@H]1C. The lowest BCUT2D eigenvalue weighted by Crippen LogP contribution is -2.35. The second kappa shape index (κ2) is 8.06. The van der Waals surface area contributed by atoms with E-state index in [0.29, 0.717) is 27.6 Å². The molecule has 1 saturated heterocycles. The highest BCUT2D eigenvalue weighted by atomic mass is 35.5. The van der Waals surface area contributed by atoms with Gasteiger partial charge in [0.2, 0.25) is 0 Å². The summed E-state index contributed by atoms with van der Waals surface area (Å²) in [6.07, 6.45) is 2.21. The van der Waals surface area contributed by atoms with Crippen LogP contribution in [0.3, 0.4) is 0 Å². The summed E-state index contributed by atoms with van der Waals surface area (Å²) in [5.41, 5.74) is 0.399. The van der Waals surface area contributed by atoms with Gasteiger partial charge < -0.3 is 9.64 Å². The van der Waals surface area contributed by atoms with Gasteiger partial charge in [0.25, 0.3) is 5.91 Å². The molecule has 126 valence electrons. The number of halogens is 1. The lowest BCUT2D eigenvalue weighted by Gasteiger charge is -2.24. The second-order valence-corrected chi connectivity index (χ2v) is 7.44. The monoisotopic (exact) mass is 354 g/mol. The van der Waals surface area contributed by atoms with E-state index in [4.69, 9.17) is 16.3 Å². The number of methoxy groups -OCH3 is 1. The molecule has 1 aliphatic rings. The van der Waals surface area contributed by atoms with Crippen LogP contribution in [0.4, 0.5) is 0 Å². The zero-order chi connectivity index (χ0) is 17.0. The van der Waals surface area contributed by atoms with Crippen LogP contribution in [0, 0.1) is 0 Å². The van der Waals surface area contributed by atoms with Crippen LogP contribution in [0.25, 0.3) is 0 Å². The minimum Gasteiger partial charge on any atom is -0.496 e. The molecule has 0 spiro atoms. The first-order chi connectivity index (χ1) is 11.0. The Hall–Kier alpha value is -1.20. The van der Waals surface area contributed by atoms with Crippen LogP contribution in [0.1, 0.15) is 44.0 Å². The van der Waals surface area contributed by atoms with E-state index in [1.807, 2.05) is 0 Å². The summed E-state index contributed by atoms with van der Waals surface area (Å²) in [6.45, 7) is 7.44. The molecule has 6 heteroatoms. The highest BCUT2D eigenvalue weighted by Gasteiger charge is 2.33. The Bertz CT molecular complexity index is 606. The molecule has 0 N–H and O–H groups in total. The van der Waals surface area contributed by atoms with E-state index in [0.717, 1.165) is 24.6 Å². The number of aliphatic imine (C=N–C) groups is 1. The number of rotatable bonds is 5. The summed E-state index contributed by atoms with van der Waals surface area (Å²) in [5, 5.41) is 1.71. The van der Waals surface area contributed by atoms with Gasteiger partial charge in [0.1, 0.15) is 5.75 Å². The topological polar surface area (TPSA) is 41.9 Å². The first-order valence-electron chi connectivity index (χ1n) is 7.87. The molecular formula is C17H23ClN2O2S. The third-order valence-electron chi connectivity index (χ3n) is 4.05. The minimum absolute atomic E-state index is 0.311. The Morgan fingerprint density at radius 3 is 2.83 bits per heavy atom. The summed E-state index contributed by atoms with van der Waals surface area (Å²) in [5.74, 6) is 0.183. The number of benzene rings is 1. The number of nitrogens with zero attached hydrogens (tertiary/aromatic N) is 2. The zero-order valence-corrected chi connectivity index (χ0v) is 15.6. The van der Waals surface area contributed by atoms with E-state index in [1.54, 1.807) is 30.0 Å². The molecule has 0 saturated carbocycles. The highest BCUT2D eigenvalue weighted by molar-refractivity contribution is 8.14. The fourth-order valence-electron chi connectivity index (χ4n) is 2.47. The number of amidine groups is 1. The van der Waals surface area contributed by atoms with Gasteiger partial charge in [-0.05, 0) is 31.5 Å². The van der Waals surface area contributed by atoms with Crippen molar-refractivity contribution in [2.45, 2.75) is 44.9 Å². The first-order valence-corrected chi connectivity index (χ1v) is 9.13. The van der Waals surface area contributed by atoms with Crippen molar-refractivity contribution in [3.63, 3.8) is 0 Å². The highest BCUT2D eigenvalue weighted by Crippen LogP contribution is 2.32. The molecule has 1 amide bonds. The van der Waals surface area contributed by atoms with Gasteiger partial charge in [-0.15, -0.1) is 0 Å². The van der Waals surface area contributed by atoms with Crippen molar-refractivity contribution >= 4 is 34.4 Å². The maximum absolute atomic E-state index is 12.6. The Kier molecular flexibility index (Phi) is 6.36. The fraction of sp³-hybridized carbons (Fsp3) is 0.529. The number of carbonyl (C=O) groups excluding carboxylic acids is 1. The number of hydrogen-bond acceptors (Lipinski definition) is 3. The van der Waals surface area contributed by atoms with Gasteiger partial charge in [-0.1, -0.05) is 43.6 Å². The van der Waals surface area contributed by atoms with E-state index < -0.39 is 0 Å². The molecule has 0 radical (unpaired) electrons. The zero-order valence-electron chi connectivity index (χ0n) is 14.0. The third-order valence-corrected chi connectivity index (χ3v) is 5.59. The predicted molar refractivity (Wildman–Crippen MR) is 97.9 cm³/mol. The summed E-state index contributed by atoms with van der Waals surface area (Å²) in [4.78, 5) is 19.2. The Labute approximate surface area is 147 Å². The van der Waals surface area contributed by atoms with Crippen LogP contribution >= 0.6 is 23.4 Å². The van der Waals surface area contributed by atoms with Crippen LogP contribution < -0.4 is 4.74 Å². The minimum atomic E-state index is -0.311. The van der Waals surface area contributed by atoms with Crippen molar-refractivity contribution in [1.29, 1.82) is 0 Å². The molecule has 1 heterocycles. The molecule has 1 aromatic carbocycles. The van der Waals surface area contributed by atoms with Crippen molar-refractivity contribution in [2.24, 2.45) is 4.99 Å². The molecule has 0 unspecified atom stereocenters. The molecule has 1 fully saturated rings. The predicted octanol–water partition coefficient (Wildman–Crippen LogP) is 4.47. The summed E-state index contributed by atoms with van der Waals surface area (Å²) in [6, 6.07) is 5.37. The lowest BCUT2D eigenvalue weighted by molar-refractivity contribution is 0.0998. The molecule has 0 aliphatic carbocycles. The molecule has 2 rings (SSSR count). The largest absolute Gasteiger partial charge is 0.496 e. The summed E-state index contributed by atoms with van der Waals surface area (Å²) >= 11 is 7.66. The number of unbranched alkanes of at least 4 members (excludes halogenated alkanes) is 1. The van der Waals surface area contributed by atoms with E-state index in [-0.39, 0.29) is 5.91 Å². The molecule has 0 bridgehead atoms. The van der Waals surface area contributed by atoms with Crippen LogP contribution in [0.5, 0.6) is 5.75 Å². The standard InChI is InChI=1S/C17H23ClN2O2S/c1-5-6-9-20-11(2)12(3)23-17(20)19-16(21)14-10-13(18)7-8-15(14)22-4/h7-8,10-12H,5-6,9H2,1-4H3/b19-17-/t11-,12-/m1/s1. The molecule has 2 atom stereocenters. The molecule has 1 aromatic rings. The Morgan fingerprint density at radius 1 is 1.43 bits per heavy atom. The van der Waals surface area contributed by atoms with E-state index in [1.165, 1.54) is 7.11 Å². The molecule has 0 aromatic heterocycles. The average molecular weight is 355 g/mol. The van der Waals surface area contributed by atoms with Crippen LogP contribution in [-0.2, 0) is 0 Å². The summed E-state index contributed by atoms with van der Waals surface area (Å²) < 4.78 is 5.25. The van der Waals surface area contributed by atoms with Gasteiger partial charge in [0.05, 0.1) is 12.7 Å². The van der Waals surface area contributed by atoms with Gasteiger partial charge in [-0.2, -0.15) is 4.99 Å². The second-order valence-electron chi connectivity index (χ2n) is 5.65. The number of amides is 1. The molecule has 23 heavy (non-hydrogen) atoms. The van der Waals surface area contributed by atoms with E-state index in [2.05, 4.69) is 30.7 Å². The number of thioether (sulfide) groups is 1. The van der Waals surface area contributed by atoms with Crippen LogP contribution in [0.15, 0.2) is 23.2 Å². The smallest absolute Gasteiger partial charge is 0.283 e. The first kappa shape index (κ1) is 18.1. The maximum atomic E-state index is 12.6. The van der Waals surface area contributed by atoms with Gasteiger partial charge in [0.15, 0.2) is 5.17 Å². The molecule has 1 aliphatic heterocycles. The Morgan fingerprint density at radius 2 is 2.17 bits per heavy atom. The van der Waals surface area contributed by atoms with Gasteiger partial charge >= 0.3 is 0 Å². The van der Waals surface area contributed by atoms with Crippen molar-refractivity contribution in [2.75, 3.05) is 13.7 Å². The number of ether oxygens (including phenoxy) is 1. The Balaban J connectivity index is 2.28. The summed E-state index contributed by atoms with van der Waals surface area (Å²) in [7, 11) is 1.54. The lowest BCUT2D eigenvalue weighted by atomic mass is 10.2. The molecular weight excluding hydrogens is 332 g/mol. The van der Waals surface area contributed by atoms with Crippen LogP contribution in [-0.4, -0.2) is 40.9 Å².